The van der Waals surface area contributed by atoms with E-state index < -0.39 is 43.5 Å². The molecule has 9 heteroatoms. The lowest BCUT2D eigenvalue weighted by Gasteiger charge is -2.42. The number of anilines is 1. The molecule has 2 aliphatic heterocycles. The number of halogens is 2. The molecule has 1 aromatic rings. The maximum atomic E-state index is 14.9. The maximum Gasteiger partial charge on any atom is 0.150 e. The fraction of sp³-hybridized carbons (Fsp3) is 0.647. The van der Waals surface area contributed by atoms with Gasteiger partial charge < -0.3 is 9.34 Å². The second kappa shape index (κ2) is 6.11. The molecule has 0 bridgehead atoms. The fourth-order valence-electron chi connectivity index (χ4n) is 4.61. The largest absolute Gasteiger partial charge is 0.424 e. The van der Waals surface area contributed by atoms with Gasteiger partial charge in [0.2, 0.25) is 0 Å². The summed E-state index contributed by atoms with van der Waals surface area (Å²) in [5.74, 6) is -2.06. The van der Waals surface area contributed by atoms with Gasteiger partial charge in [-0.1, -0.05) is 26.2 Å². The molecule has 0 aliphatic carbocycles. The molecule has 26 heavy (non-hydrogen) atoms. The molecule has 1 aromatic carbocycles. The molecule has 0 spiro atoms. The van der Waals surface area contributed by atoms with Crippen LogP contribution in [0, 0.1) is 11.6 Å². The molecule has 3 rings (SSSR count). The topological polar surface area (TPSA) is 57.6 Å². The number of sulfone groups is 1. The molecule has 2 saturated heterocycles. The van der Waals surface area contributed by atoms with Crippen LogP contribution in [-0.2, 0) is 15.4 Å². The zero-order valence-corrected chi connectivity index (χ0v) is 18.6. The average molecular weight is 420 g/mol. The normalized spacial score (nSPS) is 26.0. The first-order valence-electron chi connectivity index (χ1n) is 9.00. The molecule has 0 aromatic heterocycles. The SMILES string of the molecule is C[Si]1(C)CC[Si](C)(C)N1c1cc(F)c(C2(O)CCS(=O)(=O)CC2)c(F)c1. The highest BCUT2D eigenvalue weighted by Crippen LogP contribution is 2.43. The number of benzene rings is 1. The molecule has 0 atom stereocenters. The van der Waals surface area contributed by atoms with Crippen LogP contribution < -0.4 is 4.23 Å². The Morgan fingerprint density at radius 1 is 1.00 bits per heavy atom. The molecule has 0 unspecified atom stereocenters. The van der Waals surface area contributed by atoms with Crippen LogP contribution in [0.15, 0.2) is 12.1 Å². The summed E-state index contributed by atoms with van der Waals surface area (Å²) in [5.41, 5.74) is -1.57. The minimum Gasteiger partial charge on any atom is -0.424 e. The second-order valence-corrected chi connectivity index (χ2v) is 20.8. The van der Waals surface area contributed by atoms with Crippen LogP contribution >= 0.6 is 0 Å². The Balaban J connectivity index is 2.03. The number of hydrogen-bond acceptors (Lipinski definition) is 4. The van der Waals surface area contributed by atoms with Gasteiger partial charge in [-0.2, -0.15) is 0 Å². The van der Waals surface area contributed by atoms with Crippen LogP contribution in [0.5, 0.6) is 0 Å². The summed E-state index contributed by atoms with van der Waals surface area (Å²) < 4.78 is 55.4. The van der Waals surface area contributed by atoms with Gasteiger partial charge in [0.25, 0.3) is 0 Å². The fourth-order valence-corrected chi connectivity index (χ4v) is 20.3. The summed E-state index contributed by atoms with van der Waals surface area (Å²) in [7, 11) is -6.77. The Kier molecular flexibility index (Phi) is 4.70. The van der Waals surface area contributed by atoms with Crippen molar-refractivity contribution >= 4 is 32.0 Å². The summed E-state index contributed by atoms with van der Waals surface area (Å²) in [4.78, 5) is 0. The van der Waals surface area contributed by atoms with E-state index in [-0.39, 0.29) is 29.9 Å². The lowest BCUT2D eigenvalue weighted by Crippen LogP contribution is -2.55. The van der Waals surface area contributed by atoms with Crippen LogP contribution in [0.1, 0.15) is 18.4 Å². The number of rotatable bonds is 2. The van der Waals surface area contributed by atoms with Gasteiger partial charge in [-0.05, 0) is 37.1 Å². The Hall–Kier alpha value is -0.776. The Morgan fingerprint density at radius 2 is 1.42 bits per heavy atom. The highest BCUT2D eigenvalue weighted by atomic mass is 32.2. The van der Waals surface area contributed by atoms with Gasteiger partial charge in [0.1, 0.15) is 28.1 Å². The van der Waals surface area contributed by atoms with Crippen molar-refractivity contribution in [2.75, 3.05) is 15.7 Å². The minimum absolute atomic E-state index is 0.174. The molecule has 2 heterocycles. The Morgan fingerprint density at radius 3 is 1.85 bits per heavy atom. The predicted octanol–water partition coefficient (Wildman–Crippen LogP) is 3.59. The molecule has 1 N–H and O–H groups in total. The molecule has 2 fully saturated rings. The van der Waals surface area contributed by atoms with Gasteiger partial charge in [-0.15, -0.1) is 0 Å². The molecule has 0 amide bonds. The quantitative estimate of drug-likeness (QED) is 0.744. The summed E-state index contributed by atoms with van der Waals surface area (Å²) in [6, 6.07) is 4.90. The molecule has 4 nitrogen and oxygen atoms in total. The number of aliphatic hydroxyl groups is 1. The van der Waals surface area contributed by atoms with Gasteiger partial charge in [0, 0.05) is 5.69 Å². The van der Waals surface area contributed by atoms with Crippen molar-refractivity contribution < 1.29 is 22.3 Å². The third-order valence-electron chi connectivity index (χ3n) is 5.96. The highest BCUT2D eigenvalue weighted by Gasteiger charge is 2.48. The summed E-state index contributed by atoms with van der Waals surface area (Å²) in [6.45, 7) is 8.88. The van der Waals surface area contributed by atoms with Gasteiger partial charge in [0.05, 0.1) is 22.7 Å². The van der Waals surface area contributed by atoms with Crippen LogP contribution in [0.4, 0.5) is 14.5 Å². The molecular formula is C17H27F2NO3SSi2. The summed E-state index contributed by atoms with van der Waals surface area (Å²) >= 11 is 0. The van der Waals surface area contributed by atoms with E-state index in [9.17, 15) is 22.3 Å². The Bertz CT molecular complexity index is 789. The first kappa shape index (κ1) is 20.0. The Labute approximate surface area is 156 Å². The van der Waals surface area contributed by atoms with Gasteiger partial charge in [0.15, 0.2) is 9.84 Å². The van der Waals surface area contributed by atoms with E-state index >= 15 is 0 Å². The van der Waals surface area contributed by atoms with E-state index in [0.717, 1.165) is 12.1 Å². The van der Waals surface area contributed by atoms with Crippen LogP contribution in [0.25, 0.3) is 0 Å². The van der Waals surface area contributed by atoms with E-state index in [2.05, 4.69) is 30.4 Å². The molecule has 146 valence electrons. The van der Waals surface area contributed by atoms with E-state index in [1.807, 2.05) is 0 Å². The minimum atomic E-state index is -3.24. The molecule has 0 radical (unpaired) electrons. The standard InChI is InChI=1S/C17H27F2NO3SSi2/c1-25(2)9-10-26(3,4)20(25)13-11-14(18)16(15(19)12-13)17(21)5-7-24(22,23)8-6-17/h11-12,21H,5-10H2,1-4H3. The number of nitrogens with zero attached hydrogens (tertiary/aromatic N) is 1. The average Bonchev–Trinajstić information content (AvgIpc) is 2.70. The van der Waals surface area contributed by atoms with Gasteiger partial charge in [-0.3, -0.25) is 0 Å². The van der Waals surface area contributed by atoms with Gasteiger partial charge in [-0.25, -0.2) is 17.2 Å². The summed E-state index contributed by atoms with van der Waals surface area (Å²) in [5, 5.41) is 10.8. The van der Waals surface area contributed by atoms with Crippen molar-refractivity contribution in [3.63, 3.8) is 0 Å². The van der Waals surface area contributed by atoms with Crippen molar-refractivity contribution in [3.8, 4) is 0 Å². The summed E-state index contributed by atoms with van der Waals surface area (Å²) in [6.07, 6.45) is -0.348. The maximum absolute atomic E-state index is 14.9. The lowest BCUT2D eigenvalue weighted by atomic mass is 9.87. The van der Waals surface area contributed by atoms with Crippen LogP contribution in [-0.4, -0.2) is 41.5 Å². The van der Waals surface area contributed by atoms with E-state index in [4.69, 9.17) is 0 Å². The third-order valence-corrected chi connectivity index (χ3v) is 17.6. The van der Waals surface area contributed by atoms with E-state index in [1.54, 1.807) is 0 Å². The highest BCUT2D eigenvalue weighted by molar-refractivity contribution is 7.91. The van der Waals surface area contributed by atoms with E-state index in [1.165, 1.54) is 12.1 Å². The van der Waals surface area contributed by atoms with Crippen molar-refractivity contribution in [3.05, 3.63) is 29.3 Å². The number of hydrogen-bond donors (Lipinski definition) is 1. The molecule has 2 aliphatic rings. The van der Waals surface area contributed by atoms with Crippen LogP contribution in [0.3, 0.4) is 0 Å². The van der Waals surface area contributed by atoms with Crippen molar-refractivity contribution in [1.29, 1.82) is 0 Å². The second-order valence-electron chi connectivity index (χ2n) is 8.93. The van der Waals surface area contributed by atoms with Crippen molar-refractivity contribution in [2.24, 2.45) is 0 Å². The zero-order valence-electron chi connectivity index (χ0n) is 15.8. The zero-order chi connectivity index (χ0) is 19.5. The molecular weight excluding hydrogens is 392 g/mol. The van der Waals surface area contributed by atoms with Crippen LogP contribution in [0.2, 0.25) is 38.3 Å². The van der Waals surface area contributed by atoms with Crippen molar-refractivity contribution in [1.82, 2.24) is 0 Å². The smallest absolute Gasteiger partial charge is 0.150 e. The first-order valence-corrected chi connectivity index (χ1v) is 17.1. The first-order chi connectivity index (χ1) is 11.8. The lowest BCUT2D eigenvalue weighted by molar-refractivity contribution is 0.0192. The monoisotopic (exact) mass is 419 g/mol. The third kappa shape index (κ3) is 3.38. The van der Waals surface area contributed by atoms with Crippen molar-refractivity contribution in [2.45, 2.75) is 56.7 Å². The predicted molar refractivity (Wildman–Crippen MR) is 105 cm³/mol. The van der Waals surface area contributed by atoms with E-state index in [0.29, 0.717) is 5.69 Å². The molecule has 0 saturated carbocycles. The van der Waals surface area contributed by atoms with Gasteiger partial charge >= 0.3 is 0 Å².